The third-order valence-corrected chi connectivity index (χ3v) is 5.36. The maximum absolute atomic E-state index is 12.5. The van der Waals surface area contributed by atoms with Gasteiger partial charge in [0.25, 0.3) is 0 Å². The molecule has 226 valence electrons. The Bertz CT molecular complexity index is 984. The van der Waals surface area contributed by atoms with Crippen LogP contribution in [0.4, 0.5) is 9.59 Å². The van der Waals surface area contributed by atoms with Crippen molar-refractivity contribution in [2.45, 2.75) is 86.8 Å². The maximum Gasteiger partial charge on any atom is 0.513 e. The zero-order valence-corrected chi connectivity index (χ0v) is 24.9. The van der Waals surface area contributed by atoms with E-state index in [2.05, 4.69) is 0 Å². The van der Waals surface area contributed by atoms with E-state index in [-0.39, 0.29) is 37.7 Å². The molecule has 1 aromatic carbocycles. The summed E-state index contributed by atoms with van der Waals surface area (Å²) in [5.41, 5.74) is 5.85. The summed E-state index contributed by atoms with van der Waals surface area (Å²) in [5.74, 6) is -0.625. The maximum atomic E-state index is 12.5. The van der Waals surface area contributed by atoms with Crippen molar-refractivity contribution in [3.63, 3.8) is 0 Å². The Balaban J connectivity index is 2.88. The Morgan fingerprint density at radius 2 is 1.32 bits per heavy atom. The number of hydrogen-bond acceptors (Lipinski definition) is 11. The molecule has 2 N–H and O–H groups in total. The fourth-order valence-electron chi connectivity index (χ4n) is 2.88. The quantitative estimate of drug-likeness (QED) is 0.179. The van der Waals surface area contributed by atoms with Gasteiger partial charge in [-0.1, -0.05) is 33.8 Å². The minimum Gasteiger partial charge on any atom is -0.461 e. The smallest absolute Gasteiger partial charge is 0.461 e. The van der Waals surface area contributed by atoms with Crippen LogP contribution in [0.5, 0.6) is 11.5 Å². The van der Waals surface area contributed by atoms with Crippen molar-refractivity contribution in [1.29, 1.82) is 0 Å². The normalized spacial score (nSPS) is 12.9. The van der Waals surface area contributed by atoms with Crippen LogP contribution in [0.15, 0.2) is 18.2 Å². The van der Waals surface area contributed by atoms with Crippen molar-refractivity contribution in [2.75, 3.05) is 19.8 Å². The largest absolute Gasteiger partial charge is 0.513 e. The molecular weight excluding hydrogens is 522 g/mol. The number of nitrogens with two attached hydrogens (primary N) is 1. The number of carbonyl (C=O) groups is 4. The van der Waals surface area contributed by atoms with E-state index >= 15 is 0 Å². The summed E-state index contributed by atoms with van der Waals surface area (Å²) in [5, 5.41) is 0. The lowest BCUT2D eigenvalue weighted by Crippen LogP contribution is -2.37. The van der Waals surface area contributed by atoms with Crippen LogP contribution < -0.4 is 15.2 Å². The molecule has 11 nitrogen and oxygen atoms in total. The van der Waals surface area contributed by atoms with Gasteiger partial charge >= 0.3 is 24.2 Å². The lowest BCUT2D eigenvalue weighted by molar-refractivity contribution is -0.165. The monoisotopic (exact) mass is 567 g/mol. The molecule has 2 atom stereocenters. The minimum atomic E-state index is -1.07. The number of benzene rings is 1. The van der Waals surface area contributed by atoms with E-state index in [4.69, 9.17) is 34.2 Å². The van der Waals surface area contributed by atoms with Crippen molar-refractivity contribution in [3.05, 3.63) is 23.8 Å². The molecule has 0 bridgehead atoms. The zero-order valence-electron chi connectivity index (χ0n) is 24.9. The predicted molar refractivity (Wildman–Crippen MR) is 147 cm³/mol. The summed E-state index contributed by atoms with van der Waals surface area (Å²) in [6.45, 7) is 14.9. The Morgan fingerprint density at radius 3 is 1.82 bits per heavy atom. The highest BCUT2D eigenvalue weighted by Crippen LogP contribution is 2.30. The van der Waals surface area contributed by atoms with Crippen LogP contribution in [0.25, 0.3) is 0 Å². The van der Waals surface area contributed by atoms with E-state index in [1.165, 1.54) is 12.1 Å². The van der Waals surface area contributed by atoms with E-state index in [1.54, 1.807) is 33.8 Å². The Labute approximate surface area is 236 Å². The van der Waals surface area contributed by atoms with Crippen LogP contribution in [0.1, 0.15) is 73.8 Å². The SMILES string of the molecule is CC(C)CCOC(=O)Oc1ccc(C[C@H](N)C(=O)OC[C@H](C)OC(=O)C(C)(C)C)cc1OC(=O)OCCC(C)C. The fourth-order valence-corrected chi connectivity index (χ4v) is 2.88. The second-order valence-corrected chi connectivity index (χ2v) is 11.5. The standard InChI is InChI=1S/C29H45NO10/c1-18(2)11-13-35-27(33)39-23-10-9-21(16-24(23)40-28(34)36-14-12-19(3)4)15-22(30)25(31)37-17-20(5)38-26(32)29(6,7)8/h9-10,16,18-20,22H,11-15,17,30H2,1-8H3/t20-,22-/m0/s1. The van der Waals surface area contributed by atoms with Gasteiger partial charge < -0.3 is 34.2 Å². The number of carbonyl (C=O) groups excluding carboxylic acids is 4. The first-order valence-corrected chi connectivity index (χ1v) is 13.5. The number of hydrogen-bond donors (Lipinski definition) is 1. The van der Waals surface area contributed by atoms with Gasteiger partial charge in [-0.25, -0.2) is 9.59 Å². The molecule has 0 fully saturated rings. The molecule has 0 aliphatic rings. The number of rotatable bonds is 14. The highest BCUT2D eigenvalue weighted by Gasteiger charge is 2.26. The van der Waals surface area contributed by atoms with Crippen LogP contribution in [-0.4, -0.2) is 56.2 Å². The Hall–Kier alpha value is -3.34. The first kappa shape index (κ1) is 34.7. The lowest BCUT2D eigenvalue weighted by atomic mass is 9.97. The average Bonchev–Trinajstić information content (AvgIpc) is 2.82. The molecule has 0 unspecified atom stereocenters. The van der Waals surface area contributed by atoms with E-state index in [0.29, 0.717) is 30.2 Å². The number of ether oxygens (including phenoxy) is 6. The van der Waals surface area contributed by atoms with Crippen LogP contribution in [0, 0.1) is 17.3 Å². The van der Waals surface area contributed by atoms with Gasteiger partial charge in [0.2, 0.25) is 0 Å². The second-order valence-electron chi connectivity index (χ2n) is 11.5. The van der Waals surface area contributed by atoms with Gasteiger partial charge in [-0.05, 0) is 76.5 Å². The molecule has 0 saturated heterocycles. The van der Waals surface area contributed by atoms with Crippen molar-refractivity contribution in [2.24, 2.45) is 23.0 Å². The van der Waals surface area contributed by atoms with Gasteiger partial charge in [0.15, 0.2) is 11.5 Å². The highest BCUT2D eigenvalue weighted by atomic mass is 16.7. The molecule has 0 aromatic heterocycles. The average molecular weight is 568 g/mol. The summed E-state index contributed by atoms with van der Waals surface area (Å²) in [6.07, 6.45) is -1.25. The molecule has 0 aliphatic heterocycles. The van der Waals surface area contributed by atoms with Gasteiger partial charge in [0, 0.05) is 0 Å². The zero-order chi connectivity index (χ0) is 30.5. The van der Waals surface area contributed by atoms with Crippen molar-refractivity contribution >= 4 is 24.2 Å². The van der Waals surface area contributed by atoms with Gasteiger partial charge in [0.05, 0.1) is 18.6 Å². The summed E-state index contributed by atoms with van der Waals surface area (Å²) in [6, 6.07) is 3.32. The topological polar surface area (TPSA) is 150 Å². The molecular formula is C29H45NO10. The third kappa shape index (κ3) is 14.2. The molecule has 1 aromatic rings. The van der Waals surface area contributed by atoms with Gasteiger partial charge in [-0.15, -0.1) is 0 Å². The summed E-state index contributed by atoms with van der Waals surface area (Å²) < 4.78 is 31.2. The molecule has 0 amide bonds. The molecule has 11 heteroatoms. The summed E-state index contributed by atoms with van der Waals surface area (Å²) >= 11 is 0. The van der Waals surface area contributed by atoms with Crippen LogP contribution in [-0.2, 0) is 35.0 Å². The molecule has 0 heterocycles. The van der Waals surface area contributed by atoms with E-state index in [0.717, 1.165) is 0 Å². The van der Waals surface area contributed by atoms with Crippen molar-refractivity contribution in [3.8, 4) is 11.5 Å². The Morgan fingerprint density at radius 1 is 0.800 bits per heavy atom. The summed E-state index contributed by atoms with van der Waals surface area (Å²) in [4.78, 5) is 48.9. The molecule has 0 saturated carbocycles. The van der Waals surface area contributed by atoms with Crippen LogP contribution >= 0.6 is 0 Å². The van der Waals surface area contributed by atoms with E-state index in [1.807, 2.05) is 27.7 Å². The van der Waals surface area contributed by atoms with Gasteiger partial charge in [-0.3, -0.25) is 9.59 Å². The van der Waals surface area contributed by atoms with E-state index in [9.17, 15) is 19.2 Å². The van der Waals surface area contributed by atoms with Crippen molar-refractivity contribution in [1.82, 2.24) is 0 Å². The Kier molecular flexibility index (Phi) is 14.5. The molecule has 40 heavy (non-hydrogen) atoms. The third-order valence-electron chi connectivity index (χ3n) is 5.36. The van der Waals surface area contributed by atoms with Crippen LogP contribution in [0.3, 0.4) is 0 Å². The minimum absolute atomic E-state index is 0.0207. The first-order valence-electron chi connectivity index (χ1n) is 13.5. The predicted octanol–water partition coefficient (Wildman–Crippen LogP) is 5.20. The van der Waals surface area contributed by atoms with Gasteiger partial charge in [-0.2, -0.15) is 0 Å². The van der Waals surface area contributed by atoms with Gasteiger partial charge in [0.1, 0.15) is 18.8 Å². The molecule has 0 radical (unpaired) electrons. The van der Waals surface area contributed by atoms with Crippen molar-refractivity contribution < 1.29 is 47.6 Å². The molecule has 0 aliphatic carbocycles. The lowest BCUT2D eigenvalue weighted by Gasteiger charge is -2.21. The molecule has 0 spiro atoms. The highest BCUT2D eigenvalue weighted by molar-refractivity contribution is 5.77. The number of esters is 2. The fraction of sp³-hybridized carbons (Fsp3) is 0.655. The van der Waals surface area contributed by atoms with Crippen LogP contribution in [0.2, 0.25) is 0 Å². The second kappa shape index (κ2) is 16.7. The first-order chi connectivity index (χ1) is 18.6. The van der Waals surface area contributed by atoms with E-state index < -0.39 is 41.8 Å². The molecule has 1 rings (SSSR count). The summed E-state index contributed by atoms with van der Waals surface area (Å²) in [7, 11) is 0.